The molecule has 3 rings (SSSR count). The van der Waals surface area contributed by atoms with Gasteiger partial charge >= 0.3 is 6.18 Å². The van der Waals surface area contributed by atoms with Crippen LogP contribution in [0.15, 0.2) is 35.1 Å². The number of carbonyl (C=O) groups excluding carboxylic acids is 1. The van der Waals surface area contributed by atoms with Crippen LogP contribution in [-0.2, 0) is 10.9 Å². The summed E-state index contributed by atoms with van der Waals surface area (Å²) in [7, 11) is 0. The largest absolute Gasteiger partial charge is 0.416 e. The Morgan fingerprint density at radius 2 is 2.07 bits per heavy atom. The number of halogens is 3. The van der Waals surface area contributed by atoms with E-state index in [2.05, 4.69) is 10.4 Å². The Kier molecular flexibility index (Phi) is 6.36. The second-order valence-corrected chi connectivity index (χ2v) is 7.09. The average molecular weight is 409 g/mol. The molecular formula is C20H22F3N3O3. The van der Waals surface area contributed by atoms with Gasteiger partial charge in [-0.05, 0) is 50.3 Å². The van der Waals surface area contributed by atoms with Crippen molar-refractivity contribution in [1.82, 2.24) is 15.1 Å². The Balaban J connectivity index is 1.70. The molecule has 1 aliphatic rings. The summed E-state index contributed by atoms with van der Waals surface area (Å²) in [6.45, 7) is 3.08. The number of nitrogens with zero attached hydrogens (tertiary/aromatic N) is 2. The lowest BCUT2D eigenvalue weighted by atomic mass is 10.2. The molecule has 0 bridgehead atoms. The monoisotopic (exact) mass is 409 g/mol. The van der Waals surface area contributed by atoms with E-state index in [0.717, 1.165) is 23.4 Å². The van der Waals surface area contributed by atoms with Crippen LogP contribution in [0.2, 0.25) is 0 Å². The molecule has 6 nitrogen and oxygen atoms in total. The van der Waals surface area contributed by atoms with Gasteiger partial charge in [-0.1, -0.05) is 6.07 Å². The van der Waals surface area contributed by atoms with Crippen molar-refractivity contribution in [3.63, 3.8) is 0 Å². The van der Waals surface area contributed by atoms with Crippen molar-refractivity contribution in [3.05, 3.63) is 57.5 Å². The van der Waals surface area contributed by atoms with Crippen LogP contribution < -0.4 is 10.7 Å². The number of carbonyl (C=O) groups is 1. The highest BCUT2D eigenvalue weighted by Crippen LogP contribution is 2.30. The van der Waals surface area contributed by atoms with E-state index in [0.29, 0.717) is 31.2 Å². The second kappa shape index (κ2) is 8.77. The van der Waals surface area contributed by atoms with Crippen molar-refractivity contribution in [1.29, 1.82) is 0 Å². The van der Waals surface area contributed by atoms with Crippen molar-refractivity contribution in [2.45, 2.75) is 32.4 Å². The summed E-state index contributed by atoms with van der Waals surface area (Å²) in [6.07, 6.45) is -1.52. The van der Waals surface area contributed by atoms with Crippen molar-refractivity contribution in [3.8, 4) is 5.69 Å². The van der Waals surface area contributed by atoms with Gasteiger partial charge in [0.1, 0.15) is 0 Å². The fraction of sp³-hybridized carbons (Fsp3) is 0.450. The van der Waals surface area contributed by atoms with E-state index in [1.54, 1.807) is 0 Å². The third-order valence-corrected chi connectivity index (χ3v) is 4.54. The SMILES string of the molecule is Cc1cc(=O)c(C(=O)NCCCOCC2CC2)nn1-c1cccc(C(F)(F)F)c1. The molecule has 0 saturated heterocycles. The number of hydrogen-bond acceptors (Lipinski definition) is 4. The number of alkyl halides is 3. The Hall–Kier alpha value is -2.68. The van der Waals surface area contributed by atoms with E-state index < -0.39 is 23.1 Å². The number of hydrogen-bond donors (Lipinski definition) is 1. The van der Waals surface area contributed by atoms with E-state index in [-0.39, 0.29) is 11.4 Å². The summed E-state index contributed by atoms with van der Waals surface area (Å²) in [4.78, 5) is 24.5. The topological polar surface area (TPSA) is 73.2 Å². The maximum absolute atomic E-state index is 13.0. The minimum atomic E-state index is -4.51. The first kappa shape index (κ1) is 21.0. The number of aryl methyl sites for hydroxylation is 1. The normalized spacial score (nSPS) is 14.1. The molecule has 0 spiro atoms. The molecular weight excluding hydrogens is 387 g/mol. The predicted octanol–water partition coefficient (Wildman–Crippen LogP) is 3.11. The number of ether oxygens (including phenoxy) is 1. The second-order valence-electron chi connectivity index (χ2n) is 7.09. The first-order chi connectivity index (χ1) is 13.8. The van der Waals surface area contributed by atoms with Crippen LogP contribution in [0.25, 0.3) is 5.69 Å². The summed E-state index contributed by atoms with van der Waals surface area (Å²) in [5, 5.41) is 6.61. The maximum atomic E-state index is 13.0. The summed E-state index contributed by atoms with van der Waals surface area (Å²) in [5.41, 5.74) is -1.37. The summed E-state index contributed by atoms with van der Waals surface area (Å²) >= 11 is 0. The van der Waals surface area contributed by atoms with Crippen LogP contribution in [-0.4, -0.2) is 35.4 Å². The van der Waals surface area contributed by atoms with E-state index in [4.69, 9.17) is 4.74 Å². The first-order valence-electron chi connectivity index (χ1n) is 9.40. The molecule has 1 aromatic carbocycles. The Bertz CT molecular complexity index is 937. The van der Waals surface area contributed by atoms with Crippen molar-refractivity contribution < 1.29 is 22.7 Å². The van der Waals surface area contributed by atoms with Gasteiger partial charge < -0.3 is 10.1 Å². The minimum absolute atomic E-state index is 0.111. The van der Waals surface area contributed by atoms with Gasteiger partial charge in [0.15, 0.2) is 5.69 Å². The Morgan fingerprint density at radius 1 is 1.31 bits per heavy atom. The molecule has 1 aliphatic carbocycles. The van der Waals surface area contributed by atoms with Gasteiger partial charge in [0.2, 0.25) is 5.43 Å². The molecule has 1 N–H and O–H groups in total. The molecule has 29 heavy (non-hydrogen) atoms. The number of rotatable bonds is 8. The molecule has 9 heteroatoms. The van der Waals surface area contributed by atoms with Crippen LogP contribution in [0.4, 0.5) is 13.2 Å². The predicted molar refractivity (Wildman–Crippen MR) is 100 cm³/mol. The molecule has 2 aromatic rings. The van der Waals surface area contributed by atoms with Crippen LogP contribution in [0, 0.1) is 12.8 Å². The van der Waals surface area contributed by atoms with E-state index in [1.165, 1.54) is 38.0 Å². The van der Waals surface area contributed by atoms with Crippen LogP contribution in [0.3, 0.4) is 0 Å². The maximum Gasteiger partial charge on any atom is 0.416 e. The standard InChI is InChI=1S/C20H22F3N3O3/c1-13-10-17(27)18(19(28)24-8-3-9-29-12-14-6-7-14)25-26(13)16-5-2-4-15(11-16)20(21,22)23/h2,4-5,10-11,14H,3,6-9,12H2,1H3,(H,24,28). The molecule has 0 atom stereocenters. The van der Waals surface area contributed by atoms with Gasteiger partial charge in [-0.15, -0.1) is 0 Å². The third kappa shape index (κ3) is 5.66. The third-order valence-electron chi connectivity index (χ3n) is 4.54. The molecule has 1 fully saturated rings. The summed E-state index contributed by atoms with van der Waals surface area (Å²) < 4.78 is 45.6. The highest BCUT2D eigenvalue weighted by molar-refractivity contribution is 5.92. The average Bonchev–Trinajstić information content (AvgIpc) is 3.48. The molecule has 0 unspecified atom stereocenters. The quantitative estimate of drug-likeness (QED) is 0.680. The molecule has 1 aromatic heterocycles. The molecule has 1 saturated carbocycles. The Morgan fingerprint density at radius 3 is 2.76 bits per heavy atom. The van der Waals surface area contributed by atoms with Gasteiger partial charge in [-0.3, -0.25) is 9.59 Å². The van der Waals surface area contributed by atoms with E-state index in [1.807, 2.05) is 0 Å². The fourth-order valence-electron chi connectivity index (χ4n) is 2.77. The van der Waals surface area contributed by atoms with Gasteiger partial charge in [0.25, 0.3) is 5.91 Å². The smallest absolute Gasteiger partial charge is 0.381 e. The lowest BCUT2D eigenvalue weighted by Gasteiger charge is -2.13. The van der Waals surface area contributed by atoms with Crippen LogP contribution in [0.5, 0.6) is 0 Å². The lowest BCUT2D eigenvalue weighted by Crippen LogP contribution is -2.33. The Labute approximate surface area is 165 Å². The lowest BCUT2D eigenvalue weighted by molar-refractivity contribution is -0.137. The number of benzene rings is 1. The molecule has 1 amide bonds. The summed E-state index contributed by atoms with van der Waals surface area (Å²) in [5.74, 6) is -0.00594. The van der Waals surface area contributed by atoms with Gasteiger partial charge in [0, 0.05) is 31.5 Å². The van der Waals surface area contributed by atoms with E-state index in [9.17, 15) is 22.8 Å². The number of amides is 1. The van der Waals surface area contributed by atoms with Crippen LogP contribution >= 0.6 is 0 Å². The molecule has 1 heterocycles. The van der Waals surface area contributed by atoms with Gasteiger partial charge in [0.05, 0.1) is 11.3 Å². The zero-order valence-electron chi connectivity index (χ0n) is 16.0. The summed E-state index contributed by atoms with van der Waals surface area (Å²) in [6, 6.07) is 5.72. The van der Waals surface area contributed by atoms with Gasteiger partial charge in [-0.2, -0.15) is 18.3 Å². The zero-order chi connectivity index (χ0) is 21.0. The van der Waals surface area contributed by atoms with Crippen molar-refractivity contribution in [2.75, 3.05) is 19.8 Å². The minimum Gasteiger partial charge on any atom is -0.381 e. The number of aromatic nitrogens is 2. The van der Waals surface area contributed by atoms with Crippen molar-refractivity contribution >= 4 is 5.91 Å². The van der Waals surface area contributed by atoms with Gasteiger partial charge in [-0.25, -0.2) is 4.68 Å². The van der Waals surface area contributed by atoms with Crippen LogP contribution in [0.1, 0.15) is 41.0 Å². The van der Waals surface area contributed by atoms with E-state index >= 15 is 0 Å². The molecule has 156 valence electrons. The highest BCUT2D eigenvalue weighted by atomic mass is 19.4. The van der Waals surface area contributed by atoms with Crippen molar-refractivity contribution in [2.24, 2.45) is 5.92 Å². The zero-order valence-corrected chi connectivity index (χ0v) is 16.0. The molecule has 0 radical (unpaired) electrons. The fourth-order valence-corrected chi connectivity index (χ4v) is 2.77. The highest BCUT2D eigenvalue weighted by Gasteiger charge is 2.30. The number of nitrogens with one attached hydrogen (secondary N) is 1. The molecule has 0 aliphatic heterocycles. The first-order valence-corrected chi connectivity index (χ1v) is 9.40.